The number of aliphatic carboxylic acids is 1. The van der Waals surface area contributed by atoms with Gasteiger partial charge < -0.3 is 15.3 Å². The van der Waals surface area contributed by atoms with Crippen LogP contribution in [0.4, 0.5) is 4.79 Å². The highest BCUT2D eigenvalue weighted by atomic mass is 35.5. The zero-order chi connectivity index (χ0) is 18.0. The van der Waals surface area contributed by atoms with Gasteiger partial charge in [-0.1, -0.05) is 23.7 Å². The van der Waals surface area contributed by atoms with E-state index in [2.05, 4.69) is 10.3 Å². The van der Waals surface area contributed by atoms with Crippen LogP contribution in [0.25, 0.3) is 11.3 Å². The number of amides is 2. The first kappa shape index (κ1) is 17.7. The predicted octanol–water partition coefficient (Wildman–Crippen LogP) is 3.39. The molecule has 1 fully saturated rings. The molecule has 25 heavy (non-hydrogen) atoms. The molecule has 3 rings (SSSR count). The topological polar surface area (TPSA) is 82.5 Å². The van der Waals surface area contributed by atoms with Gasteiger partial charge in [0.05, 0.1) is 18.2 Å². The second-order valence-corrected chi connectivity index (χ2v) is 7.67. The molecule has 1 aromatic carbocycles. The Kier molecular flexibility index (Phi) is 5.24. The van der Waals surface area contributed by atoms with Crippen LogP contribution in [-0.2, 0) is 11.3 Å². The molecule has 0 saturated carbocycles. The molecule has 2 amide bonds. The molecule has 0 spiro atoms. The van der Waals surface area contributed by atoms with Crippen molar-refractivity contribution in [1.82, 2.24) is 15.2 Å². The van der Waals surface area contributed by atoms with E-state index in [4.69, 9.17) is 16.7 Å². The van der Waals surface area contributed by atoms with E-state index in [1.807, 2.05) is 31.2 Å². The Morgan fingerprint density at radius 2 is 2.12 bits per heavy atom. The van der Waals surface area contributed by atoms with Crippen LogP contribution in [0.5, 0.6) is 0 Å². The van der Waals surface area contributed by atoms with Crippen molar-refractivity contribution in [2.24, 2.45) is 5.92 Å². The van der Waals surface area contributed by atoms with Gasteiger partial charge in [0.2, 0.25) is 0 Å². The number of thiazole rings is 1. The number of carboxylic acids is 1. The summed E-state index contributed by atoms with van der Waals surface area (Å²) in [4.78, 5) is 30.3. The van der Waals surface area contributed by atoms with Crippen molar-refractivity contribution in [3.8, 4) is 11.3 Å². The SMILES string of the molecule is Cc1sc(CNC(=O)N2CCC(C(=O)O)C2)nc1-c1ccc(Cl)cc1. The zero-order valence-corrected chi connectivity index (χ0v) is 15.2. The second kappa shape index (κ2) is 7.41. The molecule has 2 aromatic rings. The minimum Gasteiger partial charge on any atom is -0.481 e. The molecule has 0 radical (unpaired) electrons. The number of nitrogens with one attached hydrogen (secondary N) is 1. The molecule has 1 aliphatic rings. The Balaban J connectivity index is 1.61. The maximum absolute atomic E-state index is 12.2. The molecule has 0 aliphatic carbocycles. The Hall–Kier alpha value is -2.12. The van der Waals surface area contributed by atoms with E-state index in [-0.39, 0.29) is 12.6 Å². The first-order valence-corrected chi connectivity index (χ1v) is 9.11. The minimum atomic E-state index is -0.849. The summed E-state index contributed by atoms with van der Waals surface area (Å²) in [6, 6.07) is 7.24. The summed E-state index contributed by atoms with van der Waals surface area (Å²) in [6.45, 7) is 3.04. The van der Waals surface area contributed by atoms with Gasteiger partial charge in [0.15, 0.2) is 0 Å². The van der Waals surface area contributed by atoms with Crippen molar-refractivity contribution in [1.29, 1.82) is 0 Å². The average Bonchev–Trinajstić information content (AvgIpc) is 3.20. The number of likely N-dealkylation sites (tertiary alicyclic amines) is 1. The van der Waals surface area contributed by atoms with Gasteiger partial charge in [0.25, 0.3) is 0 Å². The number of urea groups is 1. The summed E-state index contributed by atoms with van der Waals surface area (Å²) in [6.07, 6.45) is 0.500. The van der Waals surface area contributed by atoms with Crippen LogP contribution < -0.4 is 5.32 Å². The molecule has 6 nitrogen and oxygen atoms in total. The standard InChI is InChI=1S/C17H18ClN3O3S/c1-10-15(11-2-4-13(18)5-3-11)20-14(25-10)8-19-17(24)21-7-6-12(9-21)16(22)23/h2-5,12H,6-9H2,1H3,(H,19,24)(H,22,23). The molecule has 2 heterocycles. The van der Waals surface area contributed by atoms with Gasteiger partial charge in [0, 0.05) is 28.6 Å². The molecule has 1 saturated heterocycles. The van der Waals surface area contributed by atoms with Crippen LogP contribution in [0, 0.1) is 12.8 Å². The quantitative estimate of drug-likeness (QED) is 0.853. The second-order valence-electron chi connectivity index (χ2n) is 5.95. The molecule has 132 valence electrons. The van der Waals surface area contributed by atoms with Gasteiger partial charge in [-0.2, -0.15) is 0 Å². The average molecular weight is 380 g/mol. The van der Waals surface area contributed by atoms with Crippen molar-refractivity contribution in [2.75, 3.05) is 13.1 Å². The molecular formula is C17H18ClN3O3S. The molecule has 1 unspecified atom stereocenters. The third-order valence-corrected chi connectivity index (χ3v) is 5.40. The molecule has 1 aromatic heterocycles. The van der Waals surface area contributed by atoms with E-state index in [0.717, 1.165) is 21.1 Å². The van der Waals surface area contributed by atoms with Crippen molar-refractivity contribution in [2.45, 2.75) is 19.9 Å². The summed E-state index contributed by atoms with van der Waals surface area (Å²) < 4.78 is 0. The van der Waals surface area contributed by atoms with E-state index in [1.165, 1.54) is 11.3 Å². The van der Waals surface area contributed by atoms with E-state index < -0.39 is 11.9 Å². The highest BCUT2D eigenvalue weighted by Crippen LogP contribution is 2.28. The van der Waals surface area contributed by atoms with E-state index in [1.54, 1.807) is 4.90 Å². The Morgan fingerprint density at radius 1 is 1.40 bits per heavy atom. The van der Waals surface area contributed by atoms with Crippen LogP contribution in [0.2, 0.25) is 5.02 Å². The molecule has 8 heteroatoms. The van der Waals surface area contributed by atoms with Crippen molar-refractivity contribution in [3.63, 3.8) is 0 Å². The Bertz CT molecular complexity index is 791. The normalized spacial score (nSPS) is 16.9. The fourth-order valence-electron chi connectivity index (χ4n) is 2.81. The molecule has 0 bridgehead atoms. The molecule has 1 aliphatic heterocycles. The number of benzene rings is 1. The Morgan fingerprint density at radius 3 is 2.76 bits per heavy atom. The molecular weight excluding hydrogens is 362 g/mol. The fraction of sp³-hybridized carbons (Fsp3) is 0.353. The first-order chi connectivity index (χ1) is 11.9. The highest BCUT2D eigenvalue weighted by Gasteiger charge is 2.30. The van der Waals surface area contributed by atoms with Crippen LogP contribution in [-0.4, -0.2) is 40.1 Å². The third kappa shape index (κ3) is 4.11. The largest absolute Gasteiger partial charge is 0.481 e. The number of carbonyl (C=O) groups excluding carboxylic acids is 1. The zero-order valence-electron chi connectivity index (χ0n) is 13.7. The Labute approximate surface area is 154 Å². The number of carbonyl (C=O) groups is 2. The predicted molar refractivity (Wildman–Crippen MR) is 96.8 cm³/mol. The summed E-state index contributed by atoms with van der Waals surface area (Å²) in [5, 5.41) is 13.3. The van der Waals surface area contributed by atoms with Crippen LogP contribution >= 0.6 is 22.9 Å². The number of halogens is 1. The fourth-order valence-corrected chi connectivity index (χ4v) is 3.83. The lowest BCUT2D eigenvalue weighted by atomic mass is 10.1. The highest BCUT2D eigenvalue weighted by molar-refractivity contribution is 7.12. The molecule has 2 N–H and O–H groups in total. The summed E-state index contributed by atoms with van der Waals surface area (Å²) in [5.74, 6) is -1.32. The van der Waals surface area contributed by atoms with E-state index in [9.17, 15) is 9.59 Å². The van der Waals surface area contributed by atoms with Gasteiger partial charge in [0.1, 0.15) is 5.01 Å². The lowest BCUT2D eigenvalue weighted by Crippen LogP contribution is -2.38. The number of aryl methyl sites for hydroxylation is 1. The van der Waals surface area contributed by atoms with Crippen LogP contribution in [0.1, 0.15) is 16.3 Å². The van der Waals surface area contributed by atoms with E-state index in [0.29, 0.717) is 24.5 Å². The third-order valence-electron chi connectivity index (χ3n) is 4.17. The number of nitrogens with zero attached hydrogens (tertiary/aromatic N) is 2. The number of carboxylic acid groups (broad SMARTS) is 1. The molecule has 1 atom stereocenters. The van der Waals surface area contributed by atoms with Gasteiger partial charge in [-0.15, -0.1) is 11.3 Å². The summed E-state index contributed by atoms with van der Waals surface area (Å²) >= 11 is 7.45. The summed E-state index contributed by atoms with van der Waals surface area (Å²) in [5.41, 5.74) is 1.87. The van der Waals surface area contributed by atoms with Crippen molar-refractivity contribution in [3.05, 3.63) is 39.2 Å². The monoisotopic (exact) mass is 379 g/mol. The van der Waals surface area contributed by atoms with Gasteiger partial charge in [-0.3, -0.25) is 4.79 Å². The van der Waals surface area contributed by atoms with Crippen molar-refractivity contribution >= 4 is 34.9 Å². The van der Waals surface area contributed by atoms with Crippen molar-refractivity contribution < 1.29 is 14.7 Å². The maximum atomic E-state index is 12.2. The summed E-state index contributed by atoms with van der Waals surface area (Å²) in [7, 11) is 0. The van der Waals surface area contributed by atoms with Gasteiger partial charge in [-0.25, -0.2) is 9.78 Å². The van der Waals surface area contributed by atoms with Gasteiger partial charge in [-0.05, 0) is 25.5 Å². The number of aromatic nitrogens is 1. The van der Waals surface area contributed by atoms with E-state index >= 15 is 0 Å². The smallest absolute Gasteiger partial charge is 0.317 e. The number of hydrogen-bond donors (Lipinski definition) is 2. The minimum absolute atomic E-state index is 0.246. The van der Waals surface area contributed by atoms with Crippen LogP contribution in [0.3, 0.4) is 0 Å². The van der Waals surface area contributed by atoms with Crippen LogP contribution in [0.15, 0.2) is 24.3 Å². The first-order valence-electron chi connectivity index (χ1n) is 7.92. The number of hydrogen-bond acceptors (Lipinski definition) is 4. The number of rotatable bonds is 4. The lowest BCUT2D eigenvalue weighted by Gasteiger charge is -2.16. The lowest BCUT2D eigenvalue weighted by molar-refractivity contribution is -0.141. The van der Waals surface area contributed by atoms with Gasteiger partial charge >= 0.3 is 12.0 Å². The maximum Gasteiger partial charge on any atom is 0.317 e.